The lowest BCUT2D eigenvalue weighted by atomic mass is 10.0. The maximum atomic E-state index is 12.8. The van der Waals surface area contributed by atoms with Crippen LogP contribution in [-0.4, -0.2) is 44.3 Å². The number of morpholine rings is 1. The third kappa shape index (κ3) is 5.64. The molecule has 2 amide bonds. The molecule has 0 aliphatic carbocycles. The van der Waals surface area contributed by atoms with Crippen molar-refractivity contribution in [3.8, 4) is 0 Å². The van der Waals surface area contributed by atoms with Crippen LogP contribution >= 0.6 is 0 Å². The van der Waals surface area contributed by atoms with E-state index in [4.69, 9.17) is 4.74 Å². The summed E-state index contributed by atoms with van der Waals surface area (Å²) in [6, 6.07) is 26.6. The average molecular weight is 416 g/mol. The average Bonchev–Trinajstić information content (AvgIpc) is 2.82. The van der Waals surface area contributed by atoms with Crippen molar-refractivity contribution in [2.45, 2.75) is 13.0 Å². The molecule has 4 rings (SSSR count). The second-order valence-corrected chi connectivity index (χ2v) is 7.87. The largest absolute Gasteiger partial charge is 0.378 e. The molecular weight excluding hydrogens is 386 g/mol. The Kier molecular flexibility index (Phi) is 6.85. The van der Waals surface area contributed by atoms with Crippen molar-refractivity contribution in [3.63, 3.8) is 0 Å². The summed E-state index contributed by atoms with van der Waals surface area (Å²) in [5.74, 6) is 0. The molecule has 3 aromatic carbocycles. The van der Waals surface area contributed by atoms with Gasteiger partial charge in [-0.15, -0.1) is 0 Å². The number of urea groups is 1. The van der Waals surface area contributed by atoms with Gasteiger partial charge in [-0.2, -0.15) is 0 Å². The van der Waals surface area contributed by atoms with E-state index in [9.17, 15) is 4.79 Å². The maximum absolute atomic E-state index is 12.8. The molecular formula is C26H29N3O2. The number of hydrogen-bond donors (Lipinski definition) is 1. The molecule has 160 valence electrons. The lowest BCUT2D eigenvalue weighted by molar-refractivity contribution is 0.122. The van der Waals surface area contributed by atoms with Gasteiger partial charge in [0.05, 0.1) is 13.2 Å². The Morgan fingerprint density at radius 1 is 0.903 bits per heavy atom. The van der Waals surface area contributed by atoms with Crippen LogP contribution in [0.2, 0.25) is 0 Å². The van der Waals surface area contributed by atoms with Gasteiger partial charge in [0.15, 0.2) is 0 Å². The van der Waals surface area contributed by atoms with Gasteiger partial charge < -0.3 is 19.9 Å². The van der Waals surface area contributed by atoms with Crippen molar-refractivity contribution in [3.05, 3.63) is 95.6 Å². The lowest BCUT2D eigenvalue weighted by Crippen LogP contribution is -2.36. The van der Waals surface area contributed by atoms with E-state index >= 15 is 0 Å². The molecule has 0 spiro atoms. The third-order valence-electron chi connectivity index (χ3n) is 5.58. The number of para-hydroxylation sites is 1. The van der Waals surface area contributed by atoms with Crippen LogP contribution in [0.1, 0.15) is 16.7 Å². The third-order valence-corrected chi connectivity index (χ3v) is 5.58. The number of carbonyl (C=O) groups excluding carboxylic acids is 1. The molecule has 5 nitrogen and oxygen atoms in total. The minimum Gasteiger partial charge on any atom is -0.378 e. The van der Waals surface area contributed by atoms with Gasteiger partial charge in [0.25, 0.3) is 0 Å². The van der Waals surface area contributed by atoms with Gasteiger partial charge in [0.2, 0.25) is 0 Å². The first-order chi connectivity index (χ1) is 15.2. The number of hydrogen-bond acceptors (Lipinski definition) is 3. The van der Waals surface area contributed by atoms with Crippen LogP contribution in [-0.2, 0) is 17.7 Å². The highest BCUT2D eigenvalue weighted by Crippen LogP contribution is 2.21. The van der Waals surface area contributed by atoms with Gasteiger partial charge in [0.1, 0.15) is 0 Å². The summed E-state index contributed by atoms with van der Waals surface area (Å²) in [6.45, 7) is 3.94. The summed E-state index contributed by atoms with van der Waals surface area (Å²) in [7, 11) is 1.82. The first-order valence-electron chi connectivity index (χ1n) is 10.7. The summed E-state index contributed by atoms with van der Waals surface area (Å²) >= 11 is 0. The van der Waals surface area contributed by atoms with Gasteiger partial charge >= 0.3 is 6.03 Å². The summed E-state index contributed by atoms with van der Waals surface area (Å²) in [5, 5.41) is 3.08. The van der Waals surface area contributed by atoms with Crippen LogP contribution in [0.15, 0.2) is 78.9 Å². The first kappa shape index (κ1) is 20.9. The fraction of sp³-hybridized carbons (Fsp3) is 0.269. The van der Waals surface area contributed by atoms with Crippen LogP contribution in [0.4, 0.5) is 16.2 Å². The Hall–Kier alpha value is -3.31. The van der Waals surface area contributed by atoms with Crippen molar-refractivity contribution in [1.29, 1.82) is 0 Å². The zero-order chi connectivity index (χ0) is 21.5. The van der Waals surface area contributed by atoms with Gasteiger partial charge in [-0.1, -0.05) is 60.7 Å². The van der Waals surface area contributed by atoms with E-state index in [0.29, 0.717) is 6.54 Å². The Labute approximate surface area is 184 Å². The molecule has 1 aliphatic rings. The molecule has 0 unspecified atom stereocenters. The lowest BCUT2D eigenvalue weighted by Gasteiger charge is -2.29. The Balaban J connectivity index is 1.37. The van der Waals surface area contributed by atoms with Crippen LogP contribution in [0, 0.1) is 0 Å². The van der Waals surface area contributed by atoms with E-state index in [1.165, 1.54) is 11.3 Å². The van der Waals surface area contributed by atoms with Gasteiger partial charge in [-0.3, -0.25) is 0 Å². The maximum Gasteiger partial charge on any atom is 0.321 e. The molecule has 5 heteroatoms. The number of nitrogens with one attached hydrogen (secondary N) is 1. The Morgan fingerprint density at radius 2 is 1.58 bits per heavy atom. The minimum atomic E-state index is -0.113. The van der Waals surface area contributed by atoms with Gasteiger partial charge in [-0.25, -0.2) is 4.79 Å². The van der Waals surface area contributed by atoms with Gasteiger partial charge in [-0.05, 0) is 41.3 Å². The molecule has 0 saturated carbocycles. The van der Waals surface area contributed by atoms with Gasteiger partial charge in [0, 0.05) is 38.1 Å². The number of benzene rings is 3. The number of carbonyl (C=O) groups is 1. The monoisotopic (exact) mass is 415 g/mol. The van der Waals surface area contributed by atoms with Crippen molar-refractivity contribution < 1.29 is 9.53 Å². The fourth-order valence-corrected chi connectivity index (χ4v) is 3.80. The summed E-state index contributed by atoms with van der Waals surface area (Å²) in [4.78, 5) is 16.9. The van der Waals surface area contributed by atoms with E-state index in [-0.39, 0.29) is 6.03 Å². The predicted molar refractivity (Wildman–Crippen MR) is 126 cm³/mol. The molecule has 1 fully saturated rings. The van der Waals surface area contributed by atoms with E-state index in [1.807, 2.05) is 43.4 Å². The highest BCUT2D eigenvalue weighted by atomic mass is 16.5. The first-order valence-corrected chi connectivity index (χ1v) is 10.7. The topological polar surface area (TPSA) is 44.8 Å². The number of rotatable bonds is 6. The number of anilines is 2. The van der Waals surface area contributed by atoms with E-state index < -0.39 is 0 Å². The van der Waals surface area contributed by atoms with Crippen molar-refractivity contribution >= 4 is 17.4 Å². The molecule has 0 bridgehead atoms. The Bertz CT molecular complexity index is 983. The van der Waals surface area contributed by atoms with Crippen molar-refractivity contribution in [2.24, 2.45) is 0 Å². The van der Waals surface area contributed by atoms with Crippen LogP contribution in [0.5, 0.6) is 0 Å². The molecule has 31 heavy (non-hydrogen) atoms. The number of amides is 2. The van der Waals surface area contributed by atoms with E-state index in [2.05, 4.69) is 52.7 Å². The van der Waals surface area contributed by atoms with Crippen molar-refractivity contribution in [2.75, 3.05) is 43.6 Å². The molecule has 0 aromatic heterocycles. The summed E-state index contributed by atoms with van der Waals surface area (Å²) in [5.41, 5.74) is 5.48. The van der Waals surface area contributed by atoms with Crippen molar-refractivity contribution in [1.82, 2.24) is 4.90 Å². The zero-order valence-corrected chi connectivity index (χ0v) is 18.0. The fourth-order valence-electron chi connectivity index (χ4n) is 3.80. The molecule has 0 radical (unpaired) electrons. The summed E-state index contributed by atoms with van der Waals surface area (Å²) in [6.07, 6.45) is 0.782. The normalized spacial score (nSPS) is 13.6. The zero-order valence-electron chi connectivity index (χ0n) is 18.0. The number of nitrogens with zero attached hydrogens (tertiary/aromatic N) is 2. The summed E-state index contributed by atoms with van der Waals surface area (Å²) < 4.78 is 5.42. The second kappa shape index (κ2) is 10.1. The molecule has 3 aromatic rings. The quantitative estimate of drug-likeness (QED) is 0.630. The highest BCUT2D eigenvalue weighted by Gasteiger charge is 2.14. The number of ether oxygens (including phenoxy) is 1. The second-order valence-electron chi connectivity index (χ2n) is 7.87. The predicted octanol–water partition coefficient (Wildman–Crippen LogP) is 4.78. The molecule has 1 heterocycles. The SMILES string of the molecule is CN(Cc1ccc(N2CCOCC2)cc1)C(=O)Nc1ccccc1Cc1ccccc1. The van der Waals surface area contributed by atoms with Crippen LogP contribution < -0.4 is 10.2 Å². The highest BCUT2D eigenvalue weighted by molar-refractivity contribution is 5.90. The molecule has 1 aliphatic heterocycles. The molecule has 0 atom stereocenters. The molecule has 1 saturated heterocycles. The molecule has 1 N–H and O–H groups in total. The Morgan fingerprint density at radius 3 is 2.32 bits per heavy atom. The minimum absolute atomic E-state index is 0.113. The van der Waals surface area contributed by atoms with Crippen LogP contribution in [0.3, 0.4) is 0 Å². The standard InChI is InChI=1S/C26H29N3O2/c1-28(20-22-11-13-24(14-12-22)29-15-17-31-18-16-29)26(30)27-25-10-6-5-9-23(25)19-21-7-3-2-4-8-21/h2-14H,15-20H2,1H3,(H,27,30). The van der Waals surface area contributed by atoms with Crippen LogP contribution in [0.25, 0.3) is 0 Å². The smallest absolute Gasteiger partial charge is 0.321 e. The van der Waals surface area contributed by atoms with E-state index in [1.54, 1.807) is 4.90 Å². The van der Waals surface area contributed by atoms with E-state index in [0.717, 1.165) is 49.5 Å².